The third kappa shape index (κ3) is 3.50. The smallest absolute Gasteiger partial charge is 0.294 e. The van der Waals surface area contributed by atoms with Crippen LogP contribution in [0, 0.1) is 6.92 Å². The summed E-state index contributed by atoms with van der Waals surface area (Å²) in [6.07, 6.45) is 0.959. The minimum atomic E-state index is 0.196. The van der Waals surface area contributed by atoms with E-state index in [9.17, 15) is 0 Å². The maximum absolute atomic E-state index is 5.62. The highest BCUT2D eigenvalue weighted by molar-refractivity contribution is 5.32. The van der Waals surface area contributed by atoms with Gasteiger partial charge in [0.25, 0.3) is 6.01 Å². The fraction of sp³-hybridized carbons (Fsp3) is 0.400. The summed E-state index contributed by atoms with van der Waals surface area (Å²) in [5.41, 5.74) is 2.15. The quantitative estimate of drug-likeness (QED) is 0.895. The summed E-state index contributed by atoms with van der Waals surface area (Å²) in [5.74, 6) is 1.75. The van der Waals surface area contributed by atoms with E-state index < -0.39 is 0 Å². The summed E-state index contributed by atoms with van der Waals surface area (Å²) in [5, 5.41) is 2.91. The lowest BCUT2D eigenvalue weighted by atomic mass is 10.1. The molecule has 0 saturated carbocycles. The van der Waals surface area contributed by atoms with Crippen molar-refractivity contribution in [3.05, 3.63) is 41.3 Å². The lowest BCUT2D eigenvalue weighted by Crippen LogP contribution is -2.05. The van der Waals surface area contributed by atoms with Crippen molar-refractivity contribution >= 4 is 6.01 Å². The van der Waals surface area contributed by atoms with Crippen LogP contribution in [0.1, 0.15) is 30.9 Å². The predicted molar refractivity (Wildman–Crippen MR) is 75.8 cm³/mol. The lowest BCUT2D eigenvalue weighted by Gasteiger charge is -2.09. The van der Waals surface area contributed by atoms with E-state index in [4.69, 9.17) is 9.15 Å². The van der Waals surface area contributed by atoms with E-state index in [1.807, 2.05) is 32.9 Å². The van der Waals surface area contributed by atoms with Crippen LogP contribution in [-0.2, 0) is 6.42 Å². The average molecular weight is 260 g/mol. The zero-order valence-corrected chi connectivity index (χ0v) is 11.9. The number of aromatic nitrogens is 1. The summed E-state index contributed by atoms with van der Waals surface area (Å²) in [4.78, 5) is 4.39. The van der Waals surface area contributed by atoms with E-state index in [1.165, 1.54) is 5.56 Å². The molecule has 4 nitrogen and oxygen atoms in total. The molecule has 4 heteroatoms. The molecule has 102 valence electrons. The number of anilines is 1. The van der Waals surface area contributed by atoms with Gasteiger partial charge >= 0.3 is 0 Å². The largest absolute Gasteiger partial charge is 0.491 e. The molecule has 0 amide bonds. The monoisotopic (exact) mass is 260 g/mol. The molecule has 0 atom stereocenters. The Morgan fingerprint density at radius 3 is 2.47 bits per heavy atom. The van der Waals surface area contributed by atoms with E-state index in [0.717, 1.165) is 23.6 Å². The van der Waals surface area contributed by atoms with E-state index >= 15 is 0 Å². The second-order valence-electron chi connectivity index (χ2n) is 4.76. The van der Waals surface area contributed by atoms with Crippen LogP contribution >= 0.6 is 0 Å². The third-order valence-electron chi connectivity index (χ3n) is 2.77. The Labute approximate surface area is 113 Å². The van der Waals surface area contributed by atoms with Gasteiger partial charge in [0.2, 0.25) is 0 Å². The summed E-state index contributed by atoms with van der Waals surface area (Å²) in [6, 6.07) is 8.66. The molecule has 0 aliphatic carbocycles. The van der Waals surface area contributed by atoms with Gasteiger partial charge in [-0.15, -0.1) is 0 Å². The topological polar surface area (TPSA) is 47.3 Å². The van der Waals surface area contributed by atoms with Crippen LogP contribution in [0.25, 0.3) is 0 Å². The van der Waals surface area contributed by atoms with E-state index in [0.29, 0.717) is 6.01 Å². The third-order valence-corrected chi connectivity index (χ3v) is 2.77. The van der Waals surface area contributed by atoms with Gasteiger partial charge in [-0.2, -0.15) is 4.98 Å². The van der Waals surface area contributed by atoms with Crippen molar-refractivity contribution in [3.8, 4) is 5.75 Å². The van der Waals surface area contributed by atoms with Crippen molar-refractivity contribution in [2.75, 3.05) is 12.4 Å². The molecular weight excluding hydrogens is 240 g/mol. The minimum Gasteiger partial charge on any atom is -0.491 e. The predicted octanol–water partition coefficient (Wildman–Crippen LogP) is 3.40. The lowest BCUT2D eigenvalue weighted by molar-refractivity contribution is 0.242. The number of nitrogens with zero attached hydrogens (tertiary/aromatic N) is 1. The first-order chi connectivity index (χ1) is 9.08. The van der Waals surface area contributed by atoms with Crippen LogP contribution in [0.3, 0.4) is 0 Å². The van der Waals surface area contributed by atoms with Gasteiger partial charge in [0.15, 0.2) is 0 Å². The van der Waals surface area contributed by atoms with E-state index in [-0.39, 0.29) is 6.10 Å². The molecule has 19 heavy (non-hydrogen) atoms. The van der Waals surface area contributed by atoms with Gasteiger partial charge < -0.3 is 14.5 Å². The van der Waals surface area contributed by atoms with Gasteiger partial charge in [-0.3, -0.25) is 0 Å². The van der Waals surface area contributed by atoms with Gasteiger partial charge in [-0.05, 0) is 38.5 Å². The first-order valence-corrected chi connectivity index (χ1v) is 6.48. The van der Waals surface area contributed by atoms with Crippen LogP contribution < -0.4 is 10.1 Å². The Bertz CT molecular complexity index is 530. The number of aryl methyl sites for hydroxylation is 1. The van der Waals surface area contributed by atoms with E-state index in [2.05, 4.69) is 22.4 Å². The maximum Gasteiger partial charge on any atom is 0.294 e. The first-order valence-electron chi connectivity index (χ1n) is 6.48. The zero-order chi connectivity index (χ0) is 13.8. The summed E-state index contributed by atoms with van der Waals surface area (Å²) in [6.45, 7) is 5.97. The normalized spacial score (nSPS) is 10.8. The number of hydrogen-bond acceptors (Lipinski definition) is 4. The molecule has 0 radical (unpaired) electrons. The summed E-state index contributed by atoms with van der Waals surface area (Å²) in [7, 11) is 1.80. The highest BCUT2D eigenvalue weighted by Gasteiger charge is 2.09. The standard InChI is InChI=1S/C15H20N2O2/c1-10(2)18-13-7-5-12(6-8-13)9-14-11(3)19-15(16-4)17-14/h5-8,10H,9H2,1-4H3,(H,16,17). The second-order valence-corrected chi connectivity index (χ2v) is 4.76. The van der Waals surface area contributed by atoms with Crippen LogP contribution in [0.4, 0.5) is 6.01 Å². The average Bonchev–Trinajstić information content (AvgIpc) is 2.72. The molecule has 0 aliphatic rings. The van der Waals surface area contributed by atoms with Crippen molar-refractivity contribution in [2.45, 2.75) is 33.3 Å². The Kier molecular flexibility index (Phi) is 4.10. The molecule has 0 spiro atoms. The summed E-state index contributed by atoms with van der Waals surface area (Å²) < 4.78 is 11.1. The van der Waals surface area contributed by atoms with E-state index in [1.54, 1.807) is 7.05 Å². The van der Waals surface area contributed by atoms with Crippen LogP contribution in [0.2, 0.25) is 0 Å². The molecule has 1 aromatic heterocycles. The number of nitrogens with one attached hydrogen (secondary N) is 1. The maximum atomic E-state index is 5.62. The molecular formula is C15H20N2O2. The molecule has 2 aromatic rings. The second kappa shape index (κ2) is 5.78. The zero-order valence-electron chi connectivity index (χ0n) is 11.9. The Morgan fingerprint density at radius 1 is 1.26 bits per heavy atom. The van der Waals surface area contributed by atoms with Crippen molar-refractivity contribution in [3.63, 3.8) is 0 Å². The SMILES string of the molecule is CNc1nc(Cc2ccc(OC(C)C)cc2)c(C)o1. The van der Waals surface area contributed by atoms with Crippen LogP contribution in [0.5, 0.6) is 5.75 Å². The molecule has 1 heterocycles. The number of oxazole rings is 1. The molecule has 1 aromatic carbocycles. The van der Waals surface area contributed by atoms with Gasteiger partial charge in [-0.25, -0.2) is 0 Å². The Morgan fingerprint density at radius 2 is 1.95 bits per heavy atom. The fourth-order valence-electron chi connectivity index (χ4n) is 1.85. The van der Waals surface area contributed by atoms with Crippen molar-refractivity contribution in [2.24, 2.45) is 0 Å². The van der Waals surface area contributed by atoms with Gasteiger partial charge in [0.1, 0.15) is 11.5 Å². The van der Waals surface area contributed by atoms with Crippen LogP contribution in [-0.4, -0.2) is 18.1 Å². The van der Waals surface area contributed by atoms with Gasteiger partial charge in [0, 0.05) is 13.5 Å². The molecule has 1 N–H and O–H groups in total. The molecule has 0 aliphatic heterocycles. The van der Waals surface area contributed by atoms with Gasteiger partial charge in [0.05, 0.1) is 11.8 Å². The molecule has 0 saturated heterocycles. The number of benzene rings is 1. The summed E-state index contributed by atoms with van der Waals surface area (Å²) >= 11 is 0. The molecule has 2 rings (SSSR count). The van der Waals surface area contributed by atoms with Crippen molar-refractivity contribution in [1.82, 2.24) is 4.98 Å². The molecule has 0 unspecified atom stereocenters. The van der Waals surface area contributed by atoms with Crippen LogP contribution in [0.15, 0.2) is 28.7 Å². The van der Waals surface area contributed by atoms with Crippen molar-refractivity contribution < 1.29 is 9.15 Å². The van der Waals surface area contributed by atoms with Gasteiger partial charge in [-0.1, -0.05) is 12.1 Å². The number of ether oxygens (including phenoxy) is 1. The minimum absolute atomic E-state index is 0.196. The molecule has 0 fully saturated rings. The Balaban J connectivity index is 2.08. The molecule has 0 bridgehead atoms. The van der Waals surface area contributed by atoms with Crippen molar-refractivity contribution in [1.29, 1.82) is 0 Å². The number of hydrogen-bond donors (Lipinski definition) is 1. The highest BCUT2D eigenvalue weighted by Crippen LogP contribution is 2.19. The fourth-order valence-corrected chi connectivity index (χ4v) is 1.85. The Hall–Kier alpha value is -1.97. The number of rotatable bonds is 5. The first kappa shape index (κ1) is 13.5. The highest BCUT2D eigenvalue weighted by atomic mass is 16.5.